The van der Waals surface area contributed by atoms with Crippen molar-refractivity contribution in [3.8, 4) is 0 Å². The summed E-state index contributed by atoms with van der Waals surface area (Å²) in [5.74, 6) is -1.22. The highest BCUT2D eigenvalue weighted by Crippen LogP contribution is 2.29. The van der Waals surface area contributed by atoms with E-state index in [2.05, 4.69) is 5.32 Å². The van der Waals surface area contributed by atoms with Crippen LogP contribution in [-0.2, 0) is 22.2 Å². The number of hydrogen-bond acceptors (Lipinski definition) is 2. The van der Waals surface area contributed by atoms with Crippen molar-refractivity contribution in [2.75, 3.05) is 0 Å². The first-order valence-electron chi connectivity index (χ1n) is 7.94. The largest absolute Gasteiger partial charge is 0.480 e. The molecule has 1 fully saturated rings. The number of alkyl halides is 3. The molecular formula is C17H20F3NO3. The first kappa shape index (κ1) is 18.3. The molecule has 1 aromatic rings. The summed E-state index contributed by atoms with van der Waals surface area (Å²) in [6, 6.07) is 3.16. The summed E-state index contributed by atoms with van der Waals surface area (Å²) in [5.41, 5.74) is -0.361. The minimum Gasteiger partial charge on any atom is -0.480 e. The van der Waals surface area contributed by atoms with Gasteiger partial charge in [0.15, 0.2) is 0 Å². The summed E-state index contributed by atoms with van der Waals surface area (Å²) in [6.45, 7) is 0. The van der Waals surface area contributed by atoms with Gasteiger partial charge in [0, 0.05) is 12.8 Å². The molecule has 0 heterocycles. The molecule has 0 unspecified atom stereocenters. The molecule has 7 heteroatoms. The van der Waals surface area contributed by atoms with Crippen LogP contribution in [0.4, 0.5) is 13.2 Å². The number of amides is 1. The normalized spacial score (nSPS) is 16.8. The van der Waals surface area contributed by atoms with Crippen LogP contribution in [0.1, 0.15) is 43.2 Å². The van der Waals surface area contributed by atoms with Gasteiger partial charge in [-0.25, -0.2) is 4.79 Å². The Bertz CT molecular complexity index is 578. The Morgan fingerprint density at radius 2 is 1.75 bits per heavy atom. The second-order valence-corrected chi connectivity index (χ2v) is 6.21. The third-order valence-electron chi connectivity index (χ3n) is 4.30. The van der Waals surface area contributed by atoms with E-state index in [-0.39, 0.29) is 12.3 Å². The van der Waals surface area contributed by atoms with E-state index >= 15 is 0 Å². The van der Waals surface area contributed by atoms with Crippen LogP contribution in [0.15, 0.2) is 24.3 Å². The molecule has 1 atom stereocenters. The molecule has 1 amide bonds. The van der Waals surface area contributed by atoms with E-state index in [1.54, 1.807) is 0 Å². The summed E-state index contributed by atoms with van der Waals surface area (Å²) in [7, 11) is 0. The fourth-order valence-corrected chi connectivity index (χ4v) is 3.00. The molecule has 0 saturated heterocycles. The van der Waals surface area contributed by atoms with Crippen LogP contribution in [0.25, 0.3) is 0 Å². The maximum absolute atomic E-state index is 12.5. The first-order valence-corrected chi connectivity index (χ1v) is 7.94. The van der Waals surface area contributed by atoms with Gasteiger partial charge in [-0.05, 0) is 36.5 Å². The van der Waals surface area contributed by atoms with Gasteiger partial charge in [0.25, 0.3) is 0 Å². The predicted molar refractivity (Wildman–Crippen MR) is 81.3 cm³/mol. The van der Waals surface area contributed by atoms with E-state index in [1.165, 1.54) is 12.1 Å². The topological polar surface area (TPSA) is 66.4 Å². The number of hydrogen-bond donors (Lipinski definition) is 2. The average molecular weight is 343 g/mol. The molecule has 0 aliphatic heterocycles. The molecule has 24 heavy (non-hydrogen) atoms. The number of halogens is 3. The second kappa shape index (κ2) is 7.68. The molecule has 2 N–H and O–H groups in total. The van der Waals surface area contributed by atoms with E-state index in [9.17, 15) is 27.9 Å². The van der Waals surface area contributed by atoms with Crippen molar-refractivity contribution < 1.29 is 27.9 Å². The Hall–Kier alpha value is -2.05. The van der Waals surface area contributed by atoms with Crippen LogP contribution in [-0.4, -0.2) is 23.0 Å². The van der Waals surface area contributed by atoms with Crippen molar-refractivity contribution in [1.82, 2.24) is 5.32 Å². The lowest BCUT2D eigenvalue weighted by molar-refractivity contribution is -0.142. The Labute approximate surface area is 138 Å². The highest BCUT2D eigenvalue weighted by molar-refractivity contribution is 5.83. The third-order valence-corrected chi connectivity index (χ3v) is 4.30. The van der Waals surface area contributed by atoms with Crippen molar-refractivity contribution in [2.24, 2.45) is 5.92 Å². The van der Waals surface area contributed by atoms with E-state index in [0.29, 0.717) is 17.9 Å². The highest BCUT2D eigenvalue weighted by atomic mass is 19.4. The van der Waals surface area contributed by atoms with Crippen molar-refractivity contribution in [2.45, 2.75) is 50.7 Å². The van der Waals surface area contributed by atoms with Crippen molar-refractivity contribution in [3.05, 3.63) is 35.4 Å². The Balaban J connectivity index is 1.95. The smallest absolute Gasteiger partial charge is 0.416 e. The number of rotatable bonds is 6. The number of carboxylic acid groups (broad SMARTS) is 1. The number of carbonyl (C=O) groups is 2. The van der Waals surface area contributed by atoms with Crippen LogP contribution >= 0.6 is 0 Å². The fraction of sp³-hybridized carbons (Fsp3) is 0.529. The molecule has 0 bridgehead atoms. The minimum absolute atomic E-state index is 0.0517. The Kier molecular flexibility index (Phi) is 5.85. The maximum atomic E-state index is 12.5. The van der Waals surface area contributed by atoms with E-state index < -0.39 is 23.8 Å². The van der Waals surface area contributed by atoms with Crippen molar-refractivity contribution in [3.63, 3.8) is 0 Å². The number of aliphatic carboxylic acids is 1. The molecule has 0 spiro atoms. The number of carboxylic acids is 1. The van der Waals surface area contributed by atoms with E-state index in [0.717, 1.165) is 37.8 Å². The van der Waals surface area contributed by atoms with Gasteiger partial charge in [-0.2, -0.15) is 13.2 Å². The molecule has 4 nitrogen and oxygen atoms in total. The molecule has 132 valence electrons. The quantitative estimate of drug-likeness (QED) is 0.832. The molecule has 0 aromatic heterocycles. The Morgan fingerprint density at radius 1 is 1.17 bits per heavy atom. The summed E-state index contributed by atoms with van der Waals surface area (Å²) >= 11 is 0. The van der Waals surface area contributed by atoms with Gasteiger partial charge >= 0.3 is 12.1 Å². The SMILES string of the molecule is O=C(CC1CCCC1)N[C@H](Cc1ccc(C(F)(F)F)cc1)C(=O)O. The predicted octanol–water partition coefficient (Wildman–Crippen LogP) is 3.40. The Morgan fingerprint density at radius 3 is 2.25 bits per heavy atom. The van der Waals surface area contributed by atoms with Crippen LogP contribution in [0.3, 0.4) is 0 Å². The van der Waals surface area contributed by atoms with Crippen LogP contribution in [0, 0.1) is 5.92 Å². The van der Waals surface area contributed by atoms with Gasteiger partial charge in [-0.3, -0.25) is 4.79 Å². The molecule has 1 aliphatic carbocycles. The zero-order chi connectivity index (χ0) is 17.7. The van der Waals surface area contributed by atoms with Crippen LogP contribution in [0.5, 0.6) is 0 Å². The van der Waals surface area contributed by atoms with Crippen LogP contribution < -0.4 is 5.32 Å². The number of benzene rings is 1. The zero-order valence-electron chi connectivity index (χ0n) is 13.1. The average Bonchev–Trinajstić information content (AvgIpc) is 2.99. The van der Waals surface area contributed by atoms with E-state index in [1.807, 2.05) is 0 Å². The van der Waals surface area contributed by atoms with Gasteiger partial charge in [0.05, 0.1) is 5.56 Å². The van der Waals surface area contributed by atoms with Gasteiger partial charge in [-0.1, -0.05) is 25.0 Å². The number of nitrogens with one attached hydrogen (secondary N) is 1. The van der Waals surface area contributed by atoms with Gasteiger partial charge < -0.3 is 10.4 Å². The van der Waals surface area contributed by atoms with Crippen molar-refractivity contribution >= 4 is 11.9 Å². The lowest BCUT2D eigenvalue weighted by Crippen LogP contribution is -2.42. The highest BCUT2D eigenvalue weighted by Gasteiger charge is 2.30. The maximum Gasteiger partial charge on any atom is 0.416 e. The summed E-state index contributed by atoms with van der Waals surface area (Å²) in [6.07, 6.45) is -0.0489. The monoisotopic (exact) mass is 343 g/mol. The molecule has 2 rings (SSSR count). The lowest BCUT2D eigenvalue weighted by Gasteiger charge is -2.16. The molecule has 1 saturated carbocycles. The molecular weight excluding hydrogens is 323 g/mol. The standard InChI is InChI=1S/C17H20F3NO3/c18-17(19,20)13-7-5-12(6-8-13)9-14(16(23)24)21-15(22)10-11-3-1-2-4-11/h5-8,11,14H,1-4,9-10H2,(H,21,22)(H,23,24)/t14-/m1/s1. The van der Waals surface area contributed by atoms with Gasteiger partial charge in [0.1, 0.15) is 6.04 Å². The fourth-order valence-electron chi connectivity index (χ4n) is 3.00. The summed E-state index contributed by atoms with van der Waals surface area (Å²) < 4.78 is 37.6. The van der Waals surface area contributed by atoms with Crippen LogP contribution in [0.2, 0.25) is 0 Å². The summed E-state index contributed by atoms with van der Waals surface area (Å²) in [4.78, 5) is 23.3. The first-order chi connectivity index (χ1) is 11.3. The van der Waals surface area contributed by atoms with Crippen molar-refractivity contribution in [1.29, 1.82) is 0 Å². The van der Waals surface area contributed by atoms with Gasteiger partial charge in [0.2, 0.25) is 5.91 Å². The number of carbonyl (C=O) groups excluding carboxylic acids is 1. The molecule has 0 radical (unpaired) electrons. The molecule has 1 aromatic carbocycles. The zero-order valence-corrected chi connectivity index (χ0v) is 13.1. The van der Waals surface area contributed by atoms with Gasteiger partial charge in [-0.15, -0.1) is 0 Å². The lowest BCUT2D eigenvalue weighted by atomic mass is 10.0. The molecule has 1 aliphatic rings. The third kappa shape index (κ3) is 5.25. The second-order valence-electron chi connectivity index (χ2n) is 6.21. The van der Waals surface area contributed by atoms with E-state index in [4.69, 9.17) is 0 Å². The summed E-state index contributed by atoms with van der Waals surface area (Å²) in [5, 5.41) is 11.7. The minimum atomic E-state index is -4.43.